The summed E-state index contributed by atoms with van der Waals surface area (Å²) in [6.07, 6.45) is -1.28. The van der Waals surface area contributed by atoms with Crippen molar-refractivity contribution in [3.63, 3.8) is 0 Å². The number of nitrogens with zero attached hydrogens (tertiary/aromatic N) is 1. The lowest BCUT2D eigenvalue weighted by Gasteiger charge is -2.32. The summed E-state index contributed by atoms with van der Waals surface area (Å²) in [4.78, 5) is 30.1. The summed E-state index contributed by atoms with van der Waals surface area (Å²) in [7, 11) is 0. The third-order valence-corrected chi connectivity index (χ3v) is 6.46. The average Bonchev–Trinajstić information content (AvgIpc) is 2.62. The number of aliphatic hydroxyl groups is 2. The minimum atomic E-state index is -0.889. The zero-order chi connectivity index (χ0) is 22.3. The van der Waals surface area contributed by atoms with Crippen LogP contribution in [0.4, 0.5) is 0 Å². The number of rotatable bonds is 5. The first kappa shape index (κ1) is 22.8. The molecule has 0 saturated carbocycles. The fourth-order valence-corrected chi connectivity index (χ4v) is 4.92. The first-order chi connectivity index (χ1) is 14.0. The van der Waals surface area contributed by atoms with E-state index in [9.17, 15) is 19.8 Å². The van der Waals surface area contributed by atoms with E-state index in [0.717, 1.165) is 11.3 Å². The Hall–Kier alpha value is -1.86. The van der Waals surface area contributed by atoms with Crippen LogP contribution >= 0.6 is 23.2 Å². The molecular weight excluding hydrogens is 427 g/mol. The Morgan fingerprint density at radius 2 is 1.77 bits per heavy atom. The Morgan fingerprint density at radius 3 is 2.33 bits per heavy atom. The van der Waals surface area contributed by atoms with Crippen LogP contribution in [0.1, 0.15) is 58.1 Å². The van der Waals surface area contributed by atoms with Crippen molar-refractivity contribution in [2.45, 2.75) is 58.8 Å². The van der Waals surface area contributed by atoms with Gasteiger partial charge in [-0.15, -0.1) is 0 Å². The lowest BCUT2D eigenvalue weighted by Crippen LogP contribution is -2.39. The second-order valence-corrected chi connectivity index (χ2v) is 8.83. The molecule has 2 unspecified atom stereocenters. The zero-order valence-electron chi connectivity index (χ0n) is 17.4. The molecule has 1 amide bonds. The smallest absolute Gasteiger partial charge is 0.256 e. The van der Waals surface area contributed by atoms with Gasteiger partial charge < -0.3 is 20.1 Å². The predicted octanol–water partition coefficient (Wildman–Crippen LogP) is 3.34. The molecular formula is C22H26Cl2N2O4. The molecule has 1 aromatic heterocycles. The van der Waals surface area contributed by atoms with Gasteiger partial charge in [0, 0.05) is 28.7 Å². The van der Waals surface area contributed by atoms with Crippen molar-refractivity contribution in [1.29, 1.82) is 0 Å². The summed E-state index contributed by atoms with van der Waals surface area (Å²) in [6.45, 7) is 7.34. The van der Waals surface area contributed by atoms with Gasteiger partial charge >= 0.3 is 0 Å². The van der Waals surface area contributed by atoms with E-state index >= 15 is 0 Å². The van der Waals surface area contributed by atoms with Gasteiger partial charge in [0.1, 0.15) is 0 Å². The molecule has 0 aliphatic carbocycles. The number of H-pyrrole nitrogens is 1. The molecule has 1 aliphatic rings. The van der Waals surface area contributed by atoms with E-state index in [1.54, 1.807) is 24.8 Å². The number of aromatic nitrogens is 1. The topological polar surface area (TPSA) is 93.6 Å². The summed E-state index contributed by atoms with van der Waals surface area (Å²) in [5.41, 5.74) is 3.25. The summed E-state index contributed by atoms with van der Waals surface area (Å²) < 4.78 is 0. The van der Waals surface area contributed by atoms with Crippen LogP contribution in [0.15, 0.2) is 16.9 Å². The number of carbonyl (C=O) groups excluding carboxylic acids is 1. The molecule has 2 atom stereocenters. The van der Waals surface area contributed by atoms with E-state index in [4.69, 9.17) is 23.2 Å². The molecule has 3 N–H and O–H groups in total. The Kier molecular flexibility index (Phi) is 6.63. The number of pyridine rings is 1. The van der Waals surface area contributed by atoms with E-state index in [0.29, 0.717) is 34.7 Å². The second-order valence-electron chi connectivity index (χ2n) is 8.04. The van der Waals surface area contributed by atoms with E-state index in [1.807, 2.05) is 19.9 Å². The lowest BCUT2D eigenvalue weighted by atomic mass is 9.86. The van der Waals surface area contributed by atoms with E-state index in [-0.39, 0.29) is 28.6 Å². The van der Waals surface area contributed by atoms with Crippen molar-refractivity contribution < 1.29 is 15.0 Å². The Bertz CT molecular complexity index is 1040. The Morgan fingerprint density at radius 1 is 1.13 bits per heavy atom. The molecule has 30 heavy (non-hydrogen) atoms. The lowest BCUT2D eigenvalue weighted by molar-refractivity contribution is 0.0702. The van der Waals surface area contributed by atoms with Gasteiger partial charge in [0.05, 0.1) is 29.3 Å². The molecule has 8 heteroatoms. The van der Waals surface area contributed by atoms with Crippen molar-refractivity contribution in [2.75, 3.05) is 6.54 Å². The quantitative estimate of drug-likeness (QED) is 0.648. The molecule has 2 aromatic rings. The molecule has 0 radical (unpaired) electrons. The standard InChI is InChI=1S/C22H26Cl2N2O4/c1-10-7-11(2)25-21(29)16(10)9-26-6-5-14-17(23)8-15(18(12(3)27)13(4)28)20(24)19(14)22(26)30/h7-8,12-13,18,27-28H,5-6,9H2,1-4H3,(H,25,29). The first-order valence-electron chi connectivity index (χ1n) is 9.88. The van der Waals surface area contributed by atoms with Crippen LogP contribution in [0.25, 0.3) is 0 Å². The van der Waals surface area contributed by atoms with Crippen LogP contribution in [0.5, 0.6) is 0 Å². The van der Waals surface area contributed by atoms with Gasteiger partial charge in [-0.2, -0.15) is 0 Å². The molecule has 0 saturated heterocycles. The monoisotopic (exact) mass is 452 g/mol. The van der Waals surface area contributed by atoms with Gasteiger partial charge in [-0.05, 0) is 62.9 Å². The minimum Gasteiger partial charge on any atom is -0.393 e. The van der Waals surface area contributed by atoms with Crippen LogP contribution in [-0.2, 0) is 13.0 Å². The largest absolute Gasteiger partial charge is 0.393 e. The molecule has 1 aliphatic heterocycles. The normalized spacial score (nSPS) is 16.9. The number of nitrogens with one attached hydrogen (secondary N) is 1. The zero-order valence-corrected chi connectivity index (χ0v) is 18.9. The number of fused-ring (bicyclic) bond motifs is 1. The molecule has 2 heterocycles. The van der Waals surface area contributed by atoms with Gasteiger partial charge in [-0.25, -0.2) is 0 Å². The third-order valence-electron chi connectivity index (χ3n) is 5.72. The van der Waals surface area contributed by atoms with Gasteiger partial charge in [-0.3, -0.25) is 9.59 Å². The van der Waals surface area contributed by atoms with Crippen LogP contribution in [0.2, 0.25) is 10.0 Å². The SMILES string of the molecule is Cc1cc(C)c(CN2CCc3c(Cl)cc(C(C(C)O)C(C)O)c(Cl)c3C2=O)c(=O)[nH]1. The highest BCUT2D eigenvalue weighted by Gasteiger charge is 2.34. The molecule has 1 aromatic carbocycles. The van der Waals surface area contributed by atoms with Crippen molar-refractivity contribution in [3.8, 4) is 0 Å². The number of amides is 1. The number of hydrogen-bond acceptors (Lipinski definition) is 4. The van der Waals surface area contributed by atoms with Crippen molar-refractivity contribution >= 4 is 29.1 Å². The van der Waals surface area contributed by atoms with Crippen LogP contribution in [0.3, 0.4) is 0 Å². The van der Waals surface area contributed by atoms with E-state index in [1.165, 1.54) is 0 Å². The Labute approximate surface area is 185 Å². The van der Waals surface area contributed by atoms with Crippen molar-refractivity contribution in [2.24, 2.45) is 0 Å². The van der Waals surface area contributed by atoms with Gasteiger partial charge in [0.15, 0.2) is 0 Å². The predicted molar refractivity (Wildman–Crippen MR) is 118 cm³/mol. The summed E-state index contributed by atoms with van der Waals surface area (Å²) in [5, 5.41) is 20.9. The number of aryl methyl sites for hydroxylation is 2. The Balaban J connectivity index is 2.05. The number of hydrogen-bond donors (Lipinski definition) is 3. The van der Waals surface area contributed by atoms with Gasteiger partial charge in [0.2, 0.25) is 0 Å². The summed E-state index contributed by atoms with van der Waals surface area (Å²) in [5.74, 6) is -1.01. The van der Waals surface area contributed by atoms with Gasteiger partial charge in [0.25, 0.3) is 11.5 Å². The van der Waals surface area contributed by atoms with E-state index < -0.39 is 18.1 Å². The molecule has 0 spiro atoms. The number of aromatic amines is 1. The summed E-state index contributed by atoms with van der Waals surface area (Å²) in [6, 6.07) is 3.50. The maximum Gasteiger partial charge on any atom is 0.256 e. The number of aliphatic hydroxyl groups excluding tert-OH is 2. The van der Waals surface area contributed by atoms with Crippen molar-refractivity contribution in [3.05, 3.63) is 66.0 Å². The minimum absolute atomic E-state index is 0.161. The van der Waals surface area contributed by atoms with Crippen LogP contribution in [0, 0.1) is 13.8 Å². The fourth-order valence-electron chi connectivity index (χ4n) is 4.24. The first-order valence-corrected chi connectivity index (χ1v) is 10.6. The fraction of sp³-hybridized carbons (Fsp3) is 0.455. The van der Waals surface area contributed by atoms with Crippen molar-refractivity contribution in [1.82, 2.24) is 9.88 Å². The highest BCUT2D eigenvalue weighted by Crippen LogP contribution is 2.40. The van der Waals surface area contributed by atoms with Crippen LogP contribution in [-0.4, -0.2) is 44.8 Å². The molecule has 0 fully saturated rings. The second kappa shape index (κ2) is 8.71. The molecule has 3 rings (SSSR count). The molecule has 0 bridgehead atoms. The number of halogens is 2. The average molecular weight is 453 g/mol. The van der Waals surface area contributed by atoms with E-state index in [2.05, 4.69) is 4.98 Å². The van der Waals surface area contributed by atoms with Gasteiger partial charge in [-0.1, -0.05) is 23.2 Å². The third kappa shape index (κ3) is 4.14. The number of benzene rings is 1. The van der Waals surface area contributed by atoms with Crippen LogP contribution < -0.4 is 5.56 Å². The molecule has 6 nitrogen and oxygen atoms in total. The highest BCUT2D eigenvalue weighted by molar-refractivity contribution is 6.37. The maximum absolute atomic E-state index is 13.3. The maximum atomic E-state index is 13.3. The number of carbonyl (C=O) groups is 1. The molecule has 162 valence electrons. The highest BCUT2D eigenvalue weighted by atomic mass is 35.5. The summed E-state index contributed by atoms with van der Waals surface area (Å²) >= 11 is 13.1.